The van der Waals surface area contributed by atoms with Crippen molar-refractivity contribution in [3.05, 3.63) is 0 Å². The molecular weight excluding hydrogens is 168 g/mol. The number of ether oxygens (including phenoxy) is 1. The van der Waals surface area contributed by atoms with Gasteiger partial charge in [0.25, 0.3) is 0 Å². The van der Waals surface area contributed by atoms with Gasteiger partial charge in [0, 0.05) is 0 Å². The molecule has 1 fully saturated rings. The van der Waals surface area contributed by atoms with E-state index < -0.39 is 6.16 Å². The van der Waals surface area contributed by atoms with Crippen molar-refractivity contribution < 1.29 is 14.6 Å². The Morgan fingerprint density at radius 3 is 2.38 bits per heavy atom. The normalized spacial score (nSPS) is 30.9. The van der Waals surface area contributed by atoms with Crippen LogP contribution in [0.2, 0.25) is 0 Å². The molecule has 1 aliphatic rings. The highest BCUT2D eigenvalue weighted by molar-refractivity contribution is 5.57. The molecule has 1 N–H and O–H groups in total. The lowest BCUT2D eigenvalue weighted by Crippen LogP contribution is -2.26. The van der Waals surface area contributed by atoms with Gasteiger partial charge in [-0.1, -0.05) is 19.8 Å². The largest absolute Gasteiger partial charge is 0.506 e. The first-order valence-electron chi connectivity index (χ1n) is 4.99. The zero-order chi connectivity index (χ0) is 9.84. The van der Waals surface area contributed by atoms with Crippen LogP contribution in [0.5, 0.6) is 0 Å². The highest BCUT2D eigenvalue weighted by Gasteiger charge is 2.25. The molecule has 76 valence electrons. The molecule has 1 aliphatic carbocycles. The Morgan fingerprint density at radius 1 is 1.38 bits per heavy atom. The average Bonchev–Trinajstić information content (AvgIpc) is 2.04. The van der Waals surface area contributed by atoms with E-state index in [1.54, 1.807) is 0 Å². The van der Waals surface area contributed by atoms with Crippen LogP contribution in [0.15, 0.2) is 0 Å². The summed E-state index contributed by atoms with van der Waals surface area (Å²) >= 11 is 0. The minimum atomic E-state index is -1.15. The van der Waals surface area contributed by atoms with Gasteiger partial charge >= 0.3 is 6.16 Å². The maximum atomic E-state index is 10.3. The van der Waals surface area contributed by atoms with Crippen LogP contribution in [0.25, 0.3) is 0 Å². The lowest BCUT2D eigenvalue weighted by molar-refractivity contribution is 0.0212. The van der Waals surface area contributed by atoms with Gasteiger partial charge in [-0.25, -0.2) is 4.79 Å². The quantitative estimate of drug-likeness (QED) is 0.674. The summed E-state index contributed by atoms with van der Waals surface area (Å²) < 4.78 is 4.74. The lowest BCUT2D eigenvalue weighted by Gasteiger charge is -2.29. The fraction of sp³-hybridized carbons (Fsp3) is 0.900. The predicted octanol–water partition coefficient (Wildman–Crippen LogP) is 2.90. The van der Waals surface area contributed by atoms with Gasteiger partial charge in [0.2, 0.25) is 0 Å². The van der Waals surface area contributed by atoms with Crippen LogP contribution in [0.4, 0.5) is 4.79 Å². The molecule has 0 aliphatic heterocycles. The predicted molar refractivity (Wildman–Crippen MR) is 49.7 cm³/mol. The van der Waals surface area contributed by atoms with Crippen LogP contribution in [-0.4, -0.2) is 17.4 Å². The number of rotatable bonds is 2. The van der Waals surface area contributed by atoms with Crippen LogP contribution in [0.3, 0.4) is 0 Å². The van der Waals surface area contributed by atoms with Crippen molar-refractivity contribution in [1.82, 2.24) is 0 Å². The maximum absolute atomic E-state index is 10.3. The molecule has 1 unspecified atom stereocenters. The van der Waals surface area contributed by atoms with Crippen molar-refractivity contribution in [1.29, 1.82) is 0 Å². The summed E-state index contributed by atoms with van der Waals surface area (Å²) in [6.07, 6.45) is 3.34. The van der Waals surface area contributed by atoms with E-state index in [4.69, 9.17) is 9.84 Å². The summed E-state index contributed by atoms with van der Waals surface area (Å²) in [6.45, 7) is 4.10. The van der Waals surface area contributed by atoms with Crippen molar-refractivity contribution in [3.63, 3.8) is 0 Å². The Hall–Kier alpha value is -0.730. The van der Waals surface area contributed by atoms with Crippen LogP contribution < -0.4 is 0 Å². The van der Waals surface area contributed by atoms with E-state index in [1.807, 2.05) is 6.92 Å². The molecular formula is C10H18O3. The van der Waals surface area contributed by atoms with Crippen LogP contribution in [0, 0.1) is 11.8 Å². The number of carboxylic acid groups (broad SMARTS) is 1. The highest BCUT2D eigenvalue weighted by Crippen LogP contribution is 2.31. The monoisotopic (exact) mass is 186 g/mol. The number of hydrogen-bond donors (Lipinski definition) is 1. The van der Waals surface area contributed by atoms with Gasteiger partial charge in [-0.15, -0.1) is 0 Å². The molecule has 0 spiro atoms. The molecule has 0 saturated heterocycles. The Morgan fingerprint density at radius 2 is 1.92 bits per heavy atom. The third kappa shape index (κ3) is 3.25. The Labute approximate surface area is 79.1 Å². The van der Waals surface area contributed by atoms with Crippen LogP contribution >= 0.6 is 0 Å². The fourth-order valence-corrected chi connectivity index (χ4v) is 2.01. The van der Waals surface area contributed by atoms with Gasteiger partial charge in [0.1, 0.15) is 6.10 Å². The number of carbonyl (C=O) groups is 1. The van der Waals surface area contributed by atoms with E-state index in [0.717, 1.165) is 18.8 Å². The summed E-state index contributed by atoms with van der Waals surface area (Å²) in [6, 6.07) is 0. The molecule has 1 atom stereocenters. The summed E-state index contributed by atoms with van der Waals surface area (Å²) in [7, 11) is 0. The molecule has 0 aromatic heterocycles. The first-order chi connectivity index (χ1) is 6.09. The van der Waals surface area contributed by atoms with E-state index in [9.17, 15) is 4.79 Å². The molecule has 13 heavy (non-hydrogen) atoms. The van der Waals surface area contributed by atoms with Crippen LogP contribution in [0.1, 0.15) is 39.5 Å². The molecule has 0 amide bonds. The Balaban J connectivity index is 2.31. The Kier molecular flexibility index (Phi) is 3.58. The average molecular weight is 186 g/mol. The summed E-state index contributed by atoms with van der Waals surface area (Å²) in [5, 5.41) is 8.44. The van der Waals surface area contributed by atoms with Gasteiger partial charge in [0.15, 0.2) is 0 Å². The molecule has 3 heteroatoms. The smallest absolute Gasteiger partial charge is 0.450 e. The molecule has 1 rings (SSSR count). The van der Waals surface area contributed by atoms with E-state index in [1.165, 1.54) is 12.8 Å². The van der Waals surface area contributed by atoms with Gasteiger partial charge in [-0.2, -0.15) is 0 Å². The second kappa shape index (κ2) is 4.49. The number of hydrogen-bond acceptors (Lipinski definition) is 2. The van der Waals surface area contributed by atoms with Crippen LogP contribution in [-0.2, 0) is 4.74 Å². The third-order valence-electron chi connectivity index (χ3n) is 3.01. The molecule has 0 aromatic rings. The first-order valence-corrected chi connectivity index (χ1v) is 4.99. The van der Waals surface area contributed by atoms with E-state index in [0.29, 0.717) is 5.92 Å². The Bertz CT molecular complexity index is 171. The van der Waals surface area contributed by atoms with Crippen molar-refractivity contribution in [2.45, 2.75) is 45.6 Å². The van der Waals surface area contributed by atoms with Gasteiger partial charge in [0.05, 0.1) is 0 Å². The van der Waals surface area contributed by atoms with E-state index >= 15 is 0 Å². The molecule has 0 heterocycles. The standard InChI is InChI=1S/C10H18O3/c1-7-3-5-9(6-4-7)8(2)13-10(11)12/h7-9H,3-6H2,1-2H3,(H,11,12). The molecule has 1 saturated carbocycles. The van der Waals surface area contributed by atoms with Gasteiger partial charge in [-0.05, 0) is 31.6 Å². The van der Waals surface area contributed by atoms with Gasteiger partial charge < -0.3 is 9.84 Å². The van der Waals surface area contributed by atoms with E-state index in [-0.39, 0.29) is 6.10 Å². The molecule has 0 aromatic carbocycles. The second-order valence-corrected chi connectivity index (χ2v) is 4.11. The second-order valence-electron chi connectivity index (χ2n) is 4.11. The summed E-state index contributed by atoms with van der Waals surface area (Å²) in [5.74, 6) is 1.24. The molecule has 0 radical (unpaired) electrons. The van der Waals surface area contributed by atoms with Crippen molar-refractivity contribution in [2.75, 3.05) is 0 Å². The third-order valence-corrected chi connectivity index (χ3v) is 3.01. The van der Waals surface area contributed by atoms with Gasteiger partial charge in [-0.3, -0.25) is 0 Å². The topological polar surface area (TPSA) is 46.5 Å². The zero-order valence-corrected chi connectivity index (χ0v) is 8.32. The lowest BCUT2D eigenvalue weighted by atomic mass is 9.80. The highest BCUT2D eigenvalue weighted by atomic mass is 16.7. The zero-order valence-electron chi connectivity index (χ0n) is 8.32. The van der Waals surface area contributed by atoms with Crippen molar-refractivity contribution in [2.24, 2.45) is 11.8 Å². The SMILES string of the molecule is CC1CCC(C(C)OC(=O)O)CC1. The van der Waals surface area contributed by atoms with Crippen molar-refractivity contribution >= 4 is 6.16 Å². The minimum Gasteiger partial charge on any atom is -0.450 e. The minimum absolute atomic E-state index is 0.134. The summed E-state index contributed by atoms with van der Waals surface area (Å²) in [5.41, 5.74) is 0. The summed E-state index contributed by atoms with van der Waals surface area (Å²) in [4.78, 5) is 10.3. The fourth-order valence-electron chi connectivity index (χ4n) is 2.01. The maximum Gasteiger partial charge on any atom is 0.506 e. The molecule has 3 nitrogen and oxygen atoms in total. The van der Waals surface area contributed by atoms with Crippen molar-refractivity contribution in [3.8, 4) is 0 Å². The first kappa shape index (κ1) is 10.4. The molecule has 0 bridgehead atoms. The van der Waals surface area contributed by atoms with E-state index in [2.05, 4.69) is 6.92 Å².